The van der Waals surface area contributed by atoms with Gasteiger partial charge in [0, 0.05) is 13.0 Å². The summed E-state index contributed by atoms with van der Waals surface area (Å²) in [5.41, 5.74) is 5.25. The minimum Gasteiger partial charge on any atom is -0.396 e. The molecule has 0 aliphatic carbocycles. The molecule has 0 heterocycles. The summed E-state index contributed by atoms with van der Waals surface area (Å²) >= 11 is 0. The molecule has 0 bridgehead atoms. The van der Waals surface area contributed by atoms with Crippen molar-refractivity contribution in [2.24, 2.45) is 5.73 Å². The lowest BCUT2D eigenvalue weighted by molar-refractivity contribution is -0.120. The predicted molar refractivity (Wildman–Crippen MR) is 35.0 cm³/mol. The van der Waals surface area contributed by atoms with E-state index in [2.05, 4.69) is 0 Å². The van der Waals surface area contributed by atoms with E-state index in [-0.39, 0.29) is 18.4 Å². The molecule has 0 aromatic carbocycles. The zero-order valence-electron chi connectivity index (χ0n) is 5.63. The fourth-order valence-electron chi connectivity index (χ4n) is 0.481. The standard InChI is InChI=1S/C6H13NO2/c1-5(7)6(9)3-2-4-8/h5,8H,2-4,7H2,1H3/t5-/m1/s1. The summed E-state index contributed by atoms with van der Waals surface area (Å²) in [6.45, 7) is 1.72. The van der Waals surface area contributed by atoms with Crippen molar-refractivity contribution in [3.8, 4) is 0 Å². The fraction of sp³-hybridized carbons (Fsp3) is 0.833. The Hall–Kier alpha value is -0.410. The number of nitrogens with two attached hydrogens (primary N) is 1. The highest BCUT2D eigenvalue weighted by Crippen LogP contribution is 1.91. The molecule has 0 aromatic heterocycles. The molecule has 0 saturated carbocycles. The molecule has 0 fully saturated rings. The second-order valence-electron chi connectivity index (χ2n) is 2.08. The van der Waals surface area contributed by atoms with Crippen LogP contribution in [0, 0.1) is 0 Å². The highest BCUT2D eigenvalue weighted by atomic mass is 16.3. The molecule has 3 N–H and O–H groups in total. The van der Waals surface area contributed by atoms with Crippen LogP contribution in [0.4, 0.5) is 0 Å². The van der Waals surface area contributed by atoms with E-state index >= 15 is 0 Å². The van der Waals surface area contributed by atoms with Gasteiger partial charge in [0.2, 0.25) is 0 Å². The van der Waals surface area contributed by atoms with Gasteiger partial charge in [-0.15, -0.1) is 0 Å². The van der Waals surface area contributed by atoms with Gasteiger partial charge >= 0.3 is 0 Å². The monoisotopic (exact) mass is 131 g/mol. The first-order chi connectivity index (χ1) is 4.18. The number of aliphatic hydroxyl groups is 1. The van der Waals surface area contributed by atoms with Crippen LogP contribution in [-0.2, 0) is 4.79 Å². The Balaban J connectivity index is 3.28. The number of carbonyl (C=O) groups excluding carboxylic acids is 1. The van der Waals surface area contributed by atoms with Crippen molar-refractivity contribution in [3.05, 3.63) is 0 Å². The molecule has 0 unspecified atom stereocenters. The van der Waals surface area contributed by atoms with Gasteiger partial charge < -0.3 is 10.8 Å². The highest BCUT2D eigenvalue weighted by molar-refractivity contribution is 5.83. The van der Waals surface area contributed by atoms with Gasteiger partial charge in [-0.05, 0) is 13.3 Å². The average molecular weight is 131 g/mol. The Morgan fingerprint density at radius 2 is 2.33 bits per heavy atom. The third-order valence-electron chi connectivity index (χ3n) is 1.09. The summed E-state index contributed by atoms with van der Waals surface area (Å²) in [6, 6.07) is -0.378. The molecule has 0 saturated heterocycles. The summed E-state index contributed by atoms with van der Waals surface area (Å²) in [5.74, 6) is 0.0176. The van der Waals surface area contributed by atoms with Crippen LogP contribution in [0.2, 0.25) is 0 Å². The number of ketones is 1. The molecule has 0 aliphatic rings. The Bertz CT molecular complexity index is 91.1. The largest absolute Gasteiger partial charge is 0.396 e. The summed E-state index contributed by atoms with van der Waals surface area (Å²) in [5, 5.41) is 8.30. The number of hydrogen-bond donors (Lipinski definition) is 2. The van der Waals surface area contributed by atoms with E-state index in [0.29, 0.717) is 12.8 Å². The lowest BCUT2D eigenvalue weighted by Gasteiger charge is -2.00. The van der Waals surface area contributed by atoms with Crippen molar-refractivity contribution < 1.29 is 9.90 Å². The van der Waals surface area contributed by atoms with Crippen LogP contribution in [0.25, 0.3) is 0 Å². The zero-order valence-corrected chi connectivity index (χ0v) is 5.63. The van der Waals surface area contributed by atoms with Gasteiger partial charge in [0.15, 0.2) is 0 Å². The number of carbonyl (C=O) groups is 1. The smallest absolute Gasteiger partial charge is 0.149 e. The second kappa shape index (κ2) is 4.47. The molecule has 0 radical (unpaired) electrons. The van der Waals surface area contributed by atoms with Gasteiger partial charge in [0.25, 0.3) is 0 Å². The Kier molecular flexibility index (Phi) is 4.26. The van der Waals surface area contributed by atoms with Gasteiger partial charge in [-0.3, -0.25) is 4.79 Å². The lowest BCUT2D eigenvalue weighted by atomic mass is 10.1. The van der Waals surface area contributed by atoms with Gasteiger partial charge in [0.05, 0.1) is 6.04 Å². The van der Waals surface area contributed by atoms with Crippen LogP contribution in [0.15, 0.2) is 0 Å². The maximum atomic E-state index is 10.7. The molecule has 9 heavy (non-hydrogen) atoms. The average Bonchev–Trinajstić information content (AvgIpc) is 1.82. The predicted octanol–water partition coefficient (Wildman–Crippen LogP) is -0.325. The molecule has 0 spiro atoms. The number of aliphatic hydroxyl groups excluding tert-OH is 1. The number of rotatable bonds is 4. The van der Waals surface area contributed by atoms with Crippen molar-refractivity contribution in [2.75, 3.05) is 6.61 Å². The maximum Gasteiger partial charge on any atom is 0.149 e. The number of hydrogen-bond acceptors (Lipinski definition) is 3. The minimum atomic E-state index is -0.378. The third-order valence-corrected chi connectivity index (χ3v) is 1.09. The summed E-state index contributed by atoms with van der Waals surface area (Å²) in [4.78, 5) is 10.7. The first-order valence-corrected chi connectivity index (χ1v) is 3.07. The van der Waals surface area contributed by atoms with Crippen molar-refractivity contribution >= 4 is 5.78 Å². The normalized spacial score (nSPS) is 13.2. The molecule has 54 valence electrons. The Labute approximate surface area is 54.9 Å². The molecular weight excluding hydrogens is 118 g/mol. The van der Waals surface area contributed by atoms with Gasteiger partial charge in [0.1, 0.15) is 5.78 Å². The van der Waals surface area contributed by atoms with E-state index in [4.69, 9.17) is 10.8 Å². The van der Waals surface area contributed by atoms with E-state index in [1.165, 1.54) is 0 Å². The number of Topliss-reactive ketones (excluding diaryl/α,β-unsaturated/α-hetero) is 1. The maximum absolute atomic E-state index is 10.7. The van der Waals surface area contributed by atoms with Crippen LogP contribution < -0.4 is 5.73 Å². The SMILES string of the molecule is C[C@@H](N)C(=O)CCCO. The van der Waals surface area contributed by atoms with E-state index in [1.54, 1.807) is 6.92 Å². The molecule has 1 atom stereocenters. The summed E-state index contributed by atoms with van der Waals surface area (Å²) in [7, 11) is 0. The molecule has 0 aromatic rings. The van der Waals surface area contributed by atoms with Crippen molar-refractivity contribution in [2.45, 2.75) is 25.8 Å². The molecular formula is C6H13NO2. The zero-order chi connectivity index (χ0) is 7.28. The molecule has 0 aliphatic heterocycles. The van der Waals surface area contributed by atoms with Gasteiger partial charge in [-0.25, -0.2) is 0 Å². The van der Waals surface area contributed by atoms with E-state index in [1.807, 2.05) is 0 Å². The molecule has 0 rings (SSSR count). The van der Waals surface area contributed by atoms with E-state index in [9.17, 15) is 4.79 Å². The van der Waals surface area contributed by atoms with E-state index < -0.39 is 0 Å². The highest BCUT2D eigenvalue weighted by Gasteiger charge is 2.04. The van der Waals surface area contributed by atoms with E-state index in [0.717, 1.165) is 0 Å². The topological polar surface area (TPSA) is 63.3 Å². The third kappa shape index (κ3) is 4.12. The van der Waals surface area contributed by atoms with Crippen LogP contribution in [-0.4, -0.2) is 23.5 Å². The molecule has 3 nitrogen and oxygen atoms in total. The fourth-order valence-corrected chi connectivity index (χ4v) is 0.481. The van der Waals surface area contributed by atoms with Crippen molar-refractivity contribution in [3.63, 3.8) is 0 Å². The minimum absolute atomic E-state index is 0.0176. The second-order valence-corrected chi connectivity index (χ2v) is 2.08. The van der Waals surface area contributed by atoms with Crippen LogP contribution in [0.5, 0.6) is 0 Å². The van der Waals surface area contributed by atoms with Crippen LogP contribution >= 0.6 is 0 Å². The first-order valence-electron chi connectivity index (χ1n) is 3.07. The Morgan fingerprint density at radius 3 is 2.67 bits per heavy atom. The van der Waals surface area contributed by atoms with Gasteiger partial charge in [-0.1, -0.05) is 0 Å². The first kappa shape index (κ1) is 8.59. The summed E-state index contributed by atoms with van der Waals surface area (Å²) in [6.07, 6.45) is 0.925. The van der Waals surface area contributed by atoms with Gasteiger partial charge in [-0.2, -0.15) is 0 Å². The van der Waals surface area contributed by atoms with Crippen molar-refractivity contribution in [1.82, 2.24) is 0 Å². The molecule has 3 heteroatoms. The summed E-state index contributed by atoms with van der Waals surface area (Å²) < 4.78 is 0. The molecule has 0 amide bonds. The van der Waals surface area contributed by atoms with Crippen LogP contribution in [0.3, 0.4) is 0 Å². The lowest BCUT2D eigenvalue weighted by Crippen LogP contribution is -2.26. The quantitative estimate of drug-likeness (QED) is 0.549. The Morgan fingerprint density at radius 1 is 1.78 bits per heavy atom. The van der Waals surface area contributed by atoms with Crippen LogP contribution in [0.1, 0.15) is 19.8 Å². The van der Waals surface area contributed by atoms with Crippen molar-refractivity contribution in [1.29, 1.82) is 0 Å².